The Morgan fingerprint density at radius 2 is 2.03 bits per heavy atom. The molecule has 1 spiro atoms. The molecule has 0 bridgehead atoms. The van der Waals surface area contributed by atoms with Crippen LogP contribution in [0.4, 0.5) is 0 Å². The van der Waals surface area contributed by atoms with E-state index in [0.29, 0.717) is 24.3 Å². The van der Waals surface area contributed by atoms with Crippen LogP contribution in [-0.2, 0) is 17.7 Å². The summed E-state index contributed by atoms with van der Waals surface area (Å²) in [7, 11) is 1.67. The number of β-amino-alcohol motifs (C(OH)–C–C–N with tert-alkyl or cyclic N) is 1. The molecule has 1 fully saturated rings. The number of nitrogens with zero attached hydrogens (tertiary/aromatic N) is 4. The number of fused-ring (bicyclic) bond motifs is 2. The minimum atomic E-state index is -0.671. The number of aliphatic hydroxyl groups excluding tert-OH is 1. The summed E-state index contributed by atoms with van der Waals surface area (Å²) in [6.45, 7) is 5.51. The van der Waals surface area contributed by atoms with Crippen LogP contribution in [0.15, 0.2) is 61.1 Å². The molecule has 2 aliphatic heterocycles. The fourth-order valence-corrected chi connectivity index (χ4v) is 5.90. The van der Waals surface area contributed by atoms with Gasteiger partial charge >= 0.3 is 0 Å². The zero-order chi connectivity index (χ0) is 26.4. The molecule has 0 saturated carbocycles. The molecular weight excluding hydrogens is 478 g/mol. The van der Waals surface area contributed by atoms with Gasteiger partial charge in [-0.1, -0.05) is 30.3 Å². The van der Waals surface area contributed by atoms with Gasteiger partial charge in [-0.3, -0.25) is 9.78 Å². The van der Waals surface area contributed by atoms with Crippen molar-refractivity contribution in [2.24, 2.45) is 0 Å². The van der Waals surface area contributed by atoms with Gasteiger partial charge in [0.2, 0.25) is 0 Å². The number of likely N-dealkylation sites (tertiary alicyclic amines) is 1. The smallest absolute Gasteiger partial charge is 0.274 e. The van der Waals surface area contributed by atoms with Gasteiger partial charge in [0.05, 0.1) is 17.7 Å². The van der Waals surface area contributed by atoms with E-state index in [9.17, 15) is 9.90 Å². The van der Waals surface area contributed by atoms with Crippen LogP contribution in [0.1, 0.15) is 52.3 Å². The van der Waals surface area contributed by atoms with Crippen LogP contribution in [0.25, 0.3) is 16.8 Å². The molecule has 3 atom stereocenters. The first-order chi connectivity index (χ1) is 18.4. The van der Waals surface area contributed by atoms with Crippen molar-refractivity contribution in [1.82, 2.24) is 24.6 Å². The normalized spacial score (nSPS) is 22.0. The highest BCUT2D eigenvalue weighted by molar-refractivity contribution is 5.93. The number of pyridine rings is 2. The second-order valence-corrected chi connectivity index (χ2v) is 10.5. The Morgan fingerprint density at radius 1 is 1.21 bits per heavy atom. The number of hydrogen-bond acceptors (Lipinski definition) is 6. The molecule has 0 radical (unpaired) electrons. The van der Waals surface area contributed by atoms with Gasteiger partial charge in [-0.25, -0.2) is 4.98 Å². The monoisotopic (exact) mass is 511 g/mol. The summed E-state index contributed by atoms with van der Waals surface area (Å²) in [5.74, 6) is -0.172. The zero-order valence-electron chi connectivity index (χ0n) is 22.0. The predicted octanol–water partition coefficient (Wildman–Crippen LogP) is 3.70. The Hall–Kier alpha value is -3.59. The second-order valence-electron chi connectivity index (χ2n) is 10.5. The molecule has 1 saturated heterocycles. The highest BCUT2D eigenvalue weighted by Gasteiger charge is 2.45. The Balaban J connectivity index is 1.29. The summed E-state index contributed by atoms with van der Waals surface area (Å²) < 4.78 is 7.55. The van der Waals surface area contributed by atoms with Gasteiger partial charge in [0.1, 0.15) is 11.3 Å². The van der Waals surface area contributed by atoms with Crippen molar-refractivity contribution >= 4 is 11.6 Å². The van der Waals surface area contributed by atoms with Gasteiger partial charge in [-0.15, -0.1) is 0 Å². The lowest BCUT2D eigenvalue weighted by Crippen LogP contribution is -2.65. The van der Waals surface area contributed by atoms with Crippen LogP contribution in [0.2, 0.25) is 0 Å². The number of benzene rings is 1. The van der Waals surface area contributed by atoms with Crippen LogP contribution < -0.4 is 5.32 Å². The van der Waals surface area contributed by atoms with E-state index in [1.54, 1.807) is 24.4 Å². The van der Waals surface area contributed by atoms with Crippen LogP contribution in [0.5, 0.6) is 0 Å². The molecule has 3 aromatic heterocycles. The highest BCUT2D eigenvalue weighted by atomic mass is 16.5. The van der Waals surface area contributed by atoms with Gasteiger partial charge in [0.15, 0.2) is 0 Å². The van der Waals surface area contributed by atoms with E-state index in [1.807, 2.05) is 48.7 Å². The first kappa shape index (κ1) is 24.7. The minimum absolute atomic E-state index is 0.172. The van der Waals surface area contributed by atoms with E-state index < -0.39 is 11.6 Å². The number of amides is 1. The largest absolute Gasteiger partial charge is 0.389 e. The fourth-order valence-electron chi connectivity index (χ4n) is 5.90. The van der Waals surface area contributed by atoms with E-state index in [4.69, 9.17) is 9.72 Å². The van der Waals surface area contributed by atoms with Gasteiger partial charge < -0.3 is 24.5 Å². The molecule has 8 nitrogen and oxygen atoms in total. The van der Waals surface area contributed by atoms with E-state index in [1.165, 1.54) is 11.1 Å². The minimum Gasteiger partial charge on any atom is -0.389 e. The Morgan fingerprint density at radius 3 is 2.79 bits per heavy atom. The van der Waals surface area contributed by atoms with E-state index in [-0.39, 0.29) is 18.6 Å². The Labute approximate surface area is 222 Å². The van der Waals surface area contributed by atoms with Crippen molar-refractivity contribution in [2.45, 2.75) is 51.0 Å². The van der Waals surface area contributed by atoms with Gasteiger partial charge in [-0.05, 0) is 49.9 Å². The van der Waals surface area contributed by atoms with Crippen molar-refractivity contribution in [1.29, 1.82) is 0 Å². The number of imidazole rings is 1. The number of aliphatic hydroxyl groups is 1. The Bertz CT molecular complexity index is 1520. The van der Waals surface area contributed by atoms with Crippen LogP contribution in [-0.4, -0.2) is 62.1 Å². The number of carbonyl (C=O) groups excluding carboxylic acids is 1. The third-order valence-corrected chi connectivity index (χ3v) is 8.31. The molecule has 0 aliphatic carbocycles. The van der Waals surface area contributed by atoms with Gasteiger partial charge in [0.25, 0.3) is 5.91 Å². The predicted molar refractivity (Wildman–Crippen MR) is 145 cm³/mol. The van der Waals surface area contributed by atoms with Gasteiger partial charge in [-0.2, -0.15) is 0 Å². The lowest BCUT2D eigenvalue weighted by Gasteiger charge is -2.48. The average molecular weight is 512 g/mol. The number of aryl methyl sites for hydroxylation is 1. The maximum Gasteiger partial charge on any atom is 0.274 e. The molecule has 2 N–H and O–H groups in total. The number of aromatic nitrogens is 3. The summed E-state index contributed by atoms with van der Waals surface area (Å²) in [4.78, 5) is 24.5. The van der Waals surface area contributed by atoms with Crippen LogP contribution >= 0.6 is 0 Å². The second kappa shape index (κ2) is 9.62. The molecule has 8 heteroatoms. The summed E-state index contributed by atoms with van der Waals surface area (Å²) in [6.07, 6.45) is 6.10. The average Bonchev–Trinajstić information content (AvgIpc) is 3.38. The molecular formula is C30H33N5O3. The topological polar surface area (TPSA) is 92.0 Å². The number of piperidine rings is 1. The SMILES string of the molecule is CO[C@H](C)c1cc(-c2cccnc2C)cn2cc(C(=O)N3CC[C@]4(Cc5ccccc5CN4)[C@H](O)C3)nc12. The summed E-state index contributed by atoms with van der Waals surface area (Å²) in [5, 5.41) is 14.8. The standard InChI is InChI=1S/C30H33N5O3/c1-19-24(9-6-11-31-19)23-13-25(20(2)38-3)28-33-26(17-35(28)16-23)29(37)34-12-10-30(27(36)18-34)14-21-7-4-5-8-22(21)15-32-30/h4-9,11,13,16-17,20,27,32,36H,10,12,14-15,18H2,1-3H3/t20-,27-,30+/m1/s1. The van der Waals surface area contributed by atoms with Crippen molar-refractivity contribution in [2.75, 3.05) is 20.2 Å². The fraction of sp³-hybridized carbons (Fsp3) is 0.367. The molecule has 1 aromatic carbocycles. The summed E-state index contributed by atoms with van der Waals surface area (Å²) in [5.41, 5.74) is 7.00. The molecule has 6 rings (SSSR count). The van der Waals surface area contributed by atoms with E-state index in [0.717, 1.165) is 35.3 Å². The van der Waals surface area contributed by atoms with E-state index >= 15 is 0 Å². The van der Waals surface area contributed by atoms with Crippen molar-refractivity contribution < 1.29 is 14.6 Å². The van der Waals surface area contributed by atoms with Crippen LogP contribution in [0.3, 0.4) is 0 Å². The summed E-state index contributed by atoms with van der Waals surface area (Å²) >= 11 is 0. The number of methoxy groups -OCH3 is 1. The third kappa shape index (κ3) is 4.18. The number of hydrogen-bond donors (Lipinski definition) is 2. The first-order valence-corrected chi connectivity index (χ1v) is 13.1. The maximum absolute atomic E-state index is 13.6. The molecule has 2 aliphatic rings. The lowest BCUT2D eigenvalue weighted by molar-refractivity contribution is -0.0140. The van der Waals surface area contributed by atoms with Gasteiger partial charge in [0, 0.05) is 67.7 Å². The van der Waals surface area contributed by atoms with Crippen molar-refractivity contribution in [3.05, 3.63) is 89.1 Å². The van der Waals surface area contributed by atoms with Crippen molar-refractivity contribution in [3.8, 4) is 11.1 Å². The number of carbonyl (C=O) groups is 1. The number of ether oxygens (including phenoxy) is 1. The quantitative estimate of drug-likeness (QED) is 0.434. The third-order valence-electron chi connectivity index (χ3n) is 8.31. The van der Waals surface area contributed by atoms with Crippen LogP contribution in [0, 0.1) is 6.92 Å². The molecule has 5 heterocycles. The Kier molecular flexibility index (Phi) is 6.26. The molecule has 0 unspecified atom stereocenters. The number of nitrogens with one attached hydrogen (secondary N) is 1. The molecule has 1 amide bonds. The first-order valence-electron chi connectivity index (χ1n) is 13.1. The molecule has 38 heavy (non-hydrogen) atoms. The van der Waals surface area contributed by atoms with E-state index in [2.05, 4.69) is 28.5 Å². The zero-order valence-corrected chi connectivity index (χ0v) is 22.0. The molecule has 196 valence electrons. The molecule has 4 aromatic rings. The number of rotatable bonds is 4. The summed E-state index contributed by atoms with van der Waals surface area (Å²) in [6, 6.07) is 14.4. The highest BCUT2D eigenvalue weighted by Crippen LogP contribution is 2.33. The van der Waals surface area contributed by atoms with Crippen molar-refractivity contribution in [3.63, 3.8) is 0 Å². The lowest BCUT2D eigenvalue weighted by atomic mass is 9.76. The maximum atomic E-state index is 13.6.